The van der Waals surface area contributed by atoms with E-state index in [-0.39, 0.29) is 23.0 Å². The molecule has 1 rings (SSSR count). The number of hydrogen-bond acceptors (Lipinski definition) is 2. The van der Waals surface area contributed by atoms with E-state index in [1.807, 2.05) is 0 Å². The highest BCUT2D eigenvalue weighted by molar-refractivity contribution is 6.51. The molecule has 4 heteroatoms. The first-order valence-corrected chi connectivity index (χ1v) is 3.51. The van der Waals surface area contributed by atoms with E-state index in [0.717, 1.165) is 6.08 Å². The molecule has 0 N–H and O–H groups in total. The van der Waals surface area contributed by atoms with Crippen LogP contribution in [0.1, 0.15) is 6.42 Å². The van der Waals surface area contributed by atoms with Crippen molar-refractivity contribution in [2.75, 3.05) is 0 Å². The lowest BCUT2D eigenvalue weighted by Gasteiger charge is -2.09. The number of ketones is 2. The molecule has 10 heavy (non-hydrogen) atoms. The van der Waals surface area contributed by atoms with Gasteiger partial charge in [-0.1, -0.05) is 11.6 Å². The Morgan fingerprint density at radius 2 is 2.10 bits per heavy atom. The number of carbonyl (C=O) groups is 2. The van der Waals surface area contributed by atoms with Gasteiger partial charge < -0.3 is 0 Å². The van der Waals surface area contributed by atoms with E-state index in [2.05, 4.69) is 0 Å². The van der Waals surface area contributed by atoms with E-state index >= 15 is 0 Å². The molecule has 2 nitrogen and oxygen atoms in total. The van der Waals surface area contributed by atoms with Gasteiger partial charge in [-0.15, -0.1) is 11.6 Å². The molecule has 0 aliphatic heterocycles. The Balaban J connectivity index is 2.91. The van der Waals surface area contributed by atoms with Crippen LogP contribution in [-0.4, -0.2) is 16.9 Å². The molecule has 54 valence electrons. The highest BCUT2D eigenvalue weighted by Gasteiger charge is 2.25. The van der Waals surface area contributed by atoms with Crippen LogP contribution in [0.25, 0.3) is 0 Å². The summed E-state index contributed by atoms with van der Waals surface area (Å²) < 4.78 is 0. The molecule has 0 heterocycles. The van der Waals surface area contributed by atoms with Gasteiger partial charge in [-0.05, 0) is 0 Å². The largest absolute Gasteiger partial charge is 0.295 e. The fraction of sp³-hybridized carbons (Fsp3) is 0.333. The third-order valence-electron chi connectivity index (χ3n) is 1.19. The first kappa shape index (κ1) is 7.76. The predicted octanol–water partition coefficient (Wildman–Crippen LogP) is 1.26. The third-order valence-corrected chi connectivity index (χ3v) is 1.84. The Hall–Kier alpha value is -0.340. The second-order valence-electron chi connectivity index (χ2n) is 1.99. The Morgan fingerprint density at radius 3 is 2.60 bits per heavy atom. The van der Waals surface area contributed by atoms with E-state index in [0.29, 0.717) is 0 Å². The molecule has 0 saturated carbocycles. The van der Waals surface area contributed by atoms with E-state index in [1.165, 1.54) is 0 Å². The summed E-state index contributed by atoms with van der Waals surface area (Å²) in [6, 6.07) is 0. The highest BCUT2D eigenvalue weighted by atomic mass is 35.5. The average molecular weight is 179 g/mol. The van der Waals surface area contributed by atoms with Gasteiger partial charge in [0.05, 0.1) is 5.03 Å². The first-order valence-electron chi connectivity index (χ1n) is 2.69. The van der Waals surface area contributed by atoms with Crippen molar-refractivity contribution in [2.45, 2.75) is 11.8 Å². The number of hydrogen-bond donors (Lipinski definition) is 0. The van der Waals surface area contributed by atoms with Gasteiger partial charge in [0.2, 0.25) is 0 Å². The lowest BCUT2D eigenvalue weighted by atomic mass is 10.1. The van der Waals surface area contributed by atoms with Crippen molar-refractivity contribution in [3.8, 4) is 0 Å². The fourth-order valence-corrected chi connectivity index (χ4v) is 1.27. The van der Waals surface area contributed by atoms with Crippen LogP contribution in [-0.2, 0) is 9.59 Å². The Bertz CT molecular complexity index is 220. The number of Topliss-reactive ketones (excluding diaryl/α,β-unsaturated/α-hetero) is 1. The highest BCUT2D eigenvalue weighted by Crippen LogP contribution is 2.19. The number of carbonyl (C=O) groups excluding carboxylic acids is 2. The zero-order chi connectivity index (χ0) is 7.72. The Morgan fingerprint density at radius 1 is 1.50 bits per heavy atom. The molecule has 0 saturated heterocycles. The molecule has 0 radical (unpaired) electrons. The van der Waals surface area contributed by atoms with Gasteiger partial charge in [-0.2, -0.15) is 0 Å². The lowest BCUT2D eigenvalue weighted by Crippen LogP contribution is -2.23. The molecule has 0 aromatic rings. The van der Waals surface area contributed by atoms with Gasteiger partial charge in [0.25, 0.3) is 0 Å². The summed E-state index contributed by atoms with van der Waals surface area (Å²) in [4.78, 5) is 21.4. The summed E-state index contributed by atoms with van der Waals surface area (Å²) in [6.07, 6.45) is 1.18. The predicted molar refractivity (Wildman–Crippen MR) is 38.2 cm³/mol. The summed E-state index contributed by atoms with van der Waals surface area (Å²) in [5, 5.41) is -0.818. The van der Waals surface area contributed by atoms with Crippen molar-refractivity contribution < 1.29 is 9.59 Å². The minimum Gasteiger partial charge on any atom is -0.295 e. The van der Waals surface area contributed by atoms with Gasteiger partial charge in [-0.3, -0.25) is 9.59 Å². The zero-order valence-corrected chi connectivity index (χ0v) is 6.45. The normalized spacial score (nSPS) is 26.6. The van der Waals surface area contributed by atoms with E-state index < -0.39 is 5.38 Å². The second kappa shape index (κ2) is 2.72. The van der Waals surface area contributed by atoms with E-state index in [1.54, 1.807) is 0 Å². The minimum atomic E-state index is -0.759. The summed E-state index contributed by atoms with van der Waals surface area (Å²) in [7, 11) is 0. The molecule has 0 aromatic heterocycles. The maximum absolute atomic E-state index is 10.8. The average Bonchev–Trinajstić information content (AvgIpc) is 1.82. The monoisotopic (exact) mass is 178 g/mol. The lowest BCUT2D eigenvalue weighted by molar-refractivity contribution is -0.121. The standard InChI is InChI=1S/C6H4Cl2O2/c7-4-1-3(9)2-5(8)6(4)10/h1,5H,2H2. The summed E-state index contributed by atoms with van der Waals surface area (Å²) >= 11 is 10.8. The van der Waals surface area contributed by atoms with E-state index in [9.17, 15) is 9.59 Å². The van der Waals surface area contributed by atoms with Crippen molar-refractivity contribution in [2.24, 2.45) is 0 Å². The molecular weight excluding hydrogens is 175 g/mol. The third kappa shape index (κ3) is 1.39. The van der Waals surface area contributed by atoms with Gasteiger partial charge in [0, 0.05) is 12.5 Å². The van der Waals surface area contributed by atoms with Crippen molar-refractivity contribution in [3.63, 3.8) is 0 Å². The fourth-order valence-electron chi connectivity index (χ4n) is 0.690. The van der Waals surface area contributed by atoms with Gasteiger partial charge in [0.1, 0.15) is 5.38 Å². The van der Waals surface area contributed by atoms with Crippen molar-refractivity contribution in [1.29, 1.82) is 0 Å². The molecule has 0 spiro atoms. The van der Waals surface area contributed by atoms with Crippen LogP contribution in [0.15, 0.2) is 11.1 Å². The van der Waals surface area contributed by atoms with Crippen molar-refractivity contribution >= 4 is 34.8 Å². The molecule has 0 bridgehead atoms. The van der Waals surface area contributed by atoms with Crippen molar-refractivity contribution in [1.82, 2.24) is 0 Å². The summed E-state index contributed by atoms with van der Waals surface area (Å²) in [5.74, 6) is -0.549. The van der Waals surface area contributed by atoms with Crippen LogP contribution < -0.4 is 0 Å². The maximum atomic E-state index is 10.8. The number of alkyl halides is 1. The van der Waals surface area contributed by atoms with Crippen molar-refractivity contribution in [3.05, 3.63) is 11.1 Å². The first-order chi connectivity index (χ1) is 4.61. The molecule has 0 amide bonds. The van der Waals surface area contributed by atoms with Crippen LogP contribution >= 0.6 is 23.2 Å². The molecule has 1 aliphatic carbocycles. The van der Waals surface area contributed by atoms with Gasteiger partial charge in [-0.25, -0.2) is 0 Å². The van der Waals surface area contributed by atoms with Gasteiger partial charge in [0.15, 0.2) is 11.6 Å². The van der Waals surface area contributed by atoms with E-state index in [4.69, 9.17) is 23.2 Å². The Labute approximate surface area is 67.8 Å². The SMILES string of the molecule is O=C1C=C(Cl)C(=O)C(Cl)C1. The summed E-state index contributed by atoms with van der Waals surface area (Å²) in [5.41, 5.74) is 0. The number of rotatable bonds is 0. The molecule has 1 atom stereocenters. The topological polar surface area (TPSA) is 34.1 Å². The van der Waals surface area contributed by atoms with Crippen LogP contribution in [0.5, 0.6) is 0 Å². The zero-order valence-electron chi connectivity index (χ0n) is 4.93. The smallest absolute Gasteiger partial charge is 0.192 e. The Kier molecular flexibility index (Phi) is 2.11. The number of allylic oxidation sites excluding steroid dienone is 2. The van der Waals surface area contributed by atoms with Crippen LogP contribution in [0, 0.1) is 0 Å². The maximum Gasteiger partial charge on any atom is 0.192 e. The number of halogens is 2. The second-order valence-corrected chi connectivity index (χ2v) is 2.93. The molecule has 1 aliphatic rings. The van der Waals surface area contributed by atoms with Gasteiger partial charge >= 0.3 is 0 Å². The quantitative estimate of drug-likeness (QED) is 0.524. The molecule has 1 unspecified atom stereocenters. The van der Waals surface area contributed by atoms with Crippen LogP contribution in [0.2, 0.25) is 0 Å². The van der Waals surface area contributed by atoms with Crippen LogP contribution in [0.3, 0.4) is 0 Å². The molecule has 0 aromatic carbocycles. The minimum absolute atomic E-state index is 0.0590. The molecule has 0 fully saturated rings. The molecular formula is C6H4Cl2O2. The summed E-state index contributed by atoms with van der Waals surface area (Å²) in [6.45, 7) is 0. The van der Waals surface area contributed by atoms with Crippen LogP contribution in [0.4, 0.5) is 0 Å².